The van der Waals surface area contributed by atoms with Crippen molar-refractivity contribution in [3.05, 3.63) is 70.4 Å². The zero-order valence-electron chi connectivity index (χ0n) is 9.78. The summed E-state index contributed by atoms with van der Waals surface area (Å²) in [5.41, 5.74) is 0.882. The maximum Gasteiger partial charge on any atom is 0.190 e. The number of rotatable bonds is 1. The third-order valence-electron chi connectivity index (χ3n) is 2.94. The topological polar surface area (TPSA) is 32.9 Å². The smallest absolute Gasteiger partial charge is 0.190 e. The van der Waals surface area contributed by atoms with Crippen LogP contribution in [0.2, 0.25) is 0 Å². The van der Waals surface area contributed by atoms with Gasteiger partial charge in [-0.15, -0.1) is 0 Å². The van der Waals surface area contributed by atoms with E-state index < -0.39 is 17.1 Å². The van der Waals surface area contributed by atoms with Crippen LogP contribution in [0, 0.1) is 11.6 Å². The van der Waals surface area contributed by atoms with Crippen LogP contribution < -0.4 is 5.43 Å². The molecule has 0 spiro atoms. The first-order valence-electron chi connectivity index (χ1n) is 5.72. The number of fused-ring (bicyclic) bond motifs is 1. The molecular weight excluding hydrogens is 248 g/mol. The monoisotopic (exact) mass is 257 g/mol. The van der Waals surface area contributed by atoms with E-state index >= 15 is 0 Å². The van der Waals surface area contributed by atoms with Gasteiger partial charge in [-0.1, -0.05) is 30.3 Å². The average molecular weight is 257 g/mol. The molecule has 94 valence electrons. The minimum atomic E-state index is -0.773. The normalized spacial score (nSPS) is 10.8. The van der Waals surface area contributed by atoms with E-state index in [1.54, 1.807) is 12.1 Å². The second kappa shape index (κ2) is 4.31. The standard InChI is InChI=1S/C15H9F2NO/c16-10-6-11-14(19)8-13(9-4-2-1-3-5-9)18-15(11)12(17)7-10/h1-8H,(H,18,19). The van der Waals surface area contributed by atoms with Crippen LogP contribution >= 0.6 is 0 Å². The number of pyridine rings is 1. The van der Waals surface area contributed by atoms with Crippen molar-refractivity contribution in [2.24, 2.45) is 0 Å². The van der Waals surface area contributed by atoms with Crippen molar-refractivity contribution in [3.63, 3.8) is 0 Å². The molecule has 0 bridgehead atoms. The fourth-order valence-corrected chi connectivity index (χ4v) is 2.05. The van der Waals surface area contributed by atoms with Gasteiger partial charge in [0.15, 0.2) is 5.43 Å². The molecule has 2 nitrogen and oxygen atoms in total. The molecule has 3 aromatic rings. The summed E-state index contributed by atoms with van der Waals surface area (Å²) in [5.74, 6) is -1.53. The number of nitrogens with one attached hydrogen (secondary N) is 1. The van der Waals surface area contributed by atoms with E-state index in [4.69, 9.17) is 0 Å². The maximum absolute atomic E-state index is 13.7. The van der Waals surface area contributed by atoms with Crippen LogP contribution in [0.4, 0.5) is 8.78 Å². The molecule has 0 atom stereocenters. The largest absolute Gasteiger partial charge is 0.352 e. The van der Waals surface area contributed by atoms with E-state index in [1.807, 2.05) is 18.2 Å². The summed E-state index contributed by atoms with van der Waals surface area (Å²) < 4.78 is 26.8. The Kier molecular flexibility index (Phi) is 2.63. The van der Waals surface area contributed by atoms with Gasteiger partial charge in [0.1, 0.15) is 11.6 Å². The number of hydrogen-bond acceptors (Lipinski definition) is 1. The summed E-state index contributed by atoms with van der Waals surface area (Å²) in [5, 5.41) is 0.0113. The highest BCUT2D eigenvalue weighted by Gasteiger charge is 2.09. The molecule has 0 radical (unpaired) electrons. The second-order valence-electron chi connectivity index (χ2n) is 4.22. The lowest BCUT2D eigenvalue weighted by Gasteiger charge is -2.05. The first-order chi connectivity index (χ1) is 9.15. The molecule has 0 aliphatic heterocycles. The van der Waals surface area contributed by atoms with Crippen LogP contribution in [0.15, 0.2) is 53.3 Å². The number of benzene rings is 2. The van der Waals surface area contributed by atoms with E-state index in [9.17, 15) is 13.6 Å². The first kappa shape index (κ1) is 11.6. The molecular formula is C15H9F2NO. The van der Waals surface area contributed by atoms with E-state index in [0.717, 1.165) is 17.7 Å². The SMILES string of the molecule is O=c1cc(-c2ccccc2)[nH]c2c(F)cc(F)cc12. The van der Waals surface area contributed by atoms with Crippen LogP contribution in [0.25, 0.3) is 22.2 Å². The highest BCUT2D eigenvalue weighted by molar-refractivity contribution is 5.82. The fraction of sp³-hybridized carbons (Fsp3) is 0. The number of H-pyrrole nitrogens is 1. The molecule has 0 fully saturated rings. The Balaban J connectivity index is 2.34. The zero-order chi connectivity index (χ0) is 13.4. The lowest BCUT2D eigenvalue weighted by molar-refractivity contribution is 0.590. The summed E-state index contributed by atoms with van der Waals surface area (Å²) in [6.07, 6.45) is 0. The highest BCUT2D eigenvalue weighted by Crippen LogP contribution is 2.20. The molecule has 0 saturated heterocycles. The van der Waals surface area contributed by atoms with Gasteiger partial charge in [0.25, 0.3) is 0 Å². The quantitative estimate of drug-likeness (QED) is 0.711. The van der Waals surface area contributed by atoms with Crippen molar-refractivity contribution in [1.82, 2.24) is 4.98 Å². The Hall–Kier alpha value is -2.49. The van der Waals surface area contributed by atoms with E-state index in [-0.39, 0.29) is 10.9 Å². The van der Waals surface area contributed by atoms with Gasteiger partial charge in [-0.25, -0.2) is 8.78 Å². The number of aromatic nitrogens is 1. The van der Waals surface area contributed by atoms with Crippen molar-refractivity contribution in [1.29, 1.82) is 0 Å². The Morgan fingerprint density at radius 3 is 2.42 bits per heavy atom. The third kappa shape index (κ3) is 2.01. The van der Waals surface area contributed by atoms with Gasteiger partial charge in [0.05, 0.1) is 10.9 Å². The lowest BCUT2D eigenvalue weighted by atomic mass is 10.1. The van der Waals surface area contributed by atoms with Crippen molar-refractivity contribution in [3.8, 4) is 11.3 Å². The Morgan fingerprint density at radius 1 is 0.947 bits per heavy atom. The molecule has 1 N–H and O–H groups in total. The predicted octanol–water partition coefficient (Wildman–Crippen LogP) is 3.47. The van der Waals surface area contributed by atoms with E-state index in [1.165, 1.54) is 6.07 Å². The molecule has 4 heteroatoms. The molecule has 19 heavy (non-hydrogen) atoms. The van der Waals surface area contributed by atoms with Gasteiger partial charge in [0.2, 0.25) is 0 Å². The molecule has 1 aromatic heterocycles. The van der Waals surface area contributed by atoms with E-state index in [0.29, 0.717) is 5.69 Å². The van der Waals surface area contributed by atoms with Gasteiger partial charge in [-0.05, 0) is 11.6 Å². The molecule has 0 unspecified atom stereocenters. The van der Waals surface area contributed by atoms with Gasteiger partial charge < -0.3 is 4.98 Å². The second-order valence-corrected chi connectivity index (χ2v) is 4.22. The highest BCUT2D eigenvalue weighted by atomic mass is 19.1. The molecule has 0 aliphatic carbocycles. The predicted molar refractivity (Wildman–Crippen MR) is 69.9 cm³/mol. The Morgan fingerprint density at radius 2 is 1.68 bits per heavy atom. The third-order valence-corrected chi connectivity index (χ3v) is 2.94. The molecule has 1 heterocycles. The minimum Gasteiger partial charge on any atom is -0.352 e. The van der Waals surface area contributed by atoms with Gasteiger partial charge in [-0.2, -0.15) is 0 Å². The molecule has 0 amide bonds. The van der Waals surface area contributed by atoms with Gasteiger partial charge in [0, 0.05) is 17.8 Å². The van der Waals surface area contributed by atoms with Crippen molar-refractivity contribution in [2.45, 2.75) is 0 Å². The van der Waals surface area contributed by atoms with Crippen molar-refractivity contribution >= 4 is 10.9 Å². The number of hydrogen-bond donors (Lipinski definition) is 1. The number of aromatic amines is 1. The Bertz CT molecular complexity index is 809. The molecule has 3 rings (SSSR count). The van der Waals surface area contributed by atoms with Crippen LogP contribution in [-0.4, -0.2) is 4.98 Å². The molecule has 2 aromatic carbocycles. The summed E-state index contributed by atoms with van der Waals surface area (Å²) >= 11 is 0. The maximum atomic E-state index is 13.7. The fourth-order valence-electron chi connectivity index (χ4n) is 2.05. The zero-order valence-corrected chi connectivity index (χ0v) is 9.78. The number of halogens is 2. The van der Waals surface area contributed by atoms with Gasteiger partial charge in [-0.3, -0.25) is 4.79 Å². The van der Waals surface area contributed by atoms with Crippen LogP contribution in [0.5, 0.6) is 0 Å². The summed E-state index contributed by atoms with van der Waals surface area (Å²) in [6, 6.07) is 12.2. The summed E-state index contributed by atoms with van der Waals surface area (Å²) in [4.78, 5) is 14.8. The van der Waals surface area contributed by atoms with Crippen LogP contribution in [0.3, 0.4) is 0 Å². The van der Waals surface area contributed by atoms with Gasteiger partial charge >= 0.3 is 0 Å². The Labute approximate surface area is 107 Å². The average Bonchev–Trinajstić information content (AvgIpc) is 2.41. The molecule has 0 saturated carbocycles. The lowest BCUT2D eigenvalue weighted by Crippen LogP contribution is -2.05. The van der Waals surface area contributed by atoms with Crippen LogP contribution in [-0.2, 0) is 0 Å². The summed E-state index contributed by atoms with van der Waals surface area (Å²) in [7, 11) is 0. The molecule has 0 aliphatic rings. The minimum absolute atomic E-state index is 0.0113. The first-order valence-corrected chi connectivity index (χ1v) is 5.72. The van der Waals surface area contributed by atoms with Crippen LogP contribution in [0.1, 0.15) is 0 Å². The van der Waals surface area contributed by atoms with Crippen molar-refractivity contribution in [2.75, 3.05) is 0 Å². The van der Waals surface area contributed by atoms with E-state index in [2.05, 4.69) is 4.98 Å². The summed E-state index contributed by atoms with van der Waals surface area (Å²) in [6.45, 7) is 0. The van der Waals surface area contributed by atoms with Crippen molar-refractivity contribution < 1.29 is 8.78 Å².